The van der Waals surface area contributed by atoms with Crippen molar-refractivity contribution in [2.75, 3.05) is 12.4 Å². The summed E-state index contributed by atoms with van der Waals surface area (Å²) in [5.74, 6) is 1.31. The third-order valence-electron chi connectivity index (χ3n) is 3.25. The van der Waals surface area contributed by atoms with Crippen LogP contribution in [0.4, 0.5) is 5.88 Å². The number of methoxy groups -OCH3 is 1. The van der Waals surface area contributed by atoms with Crippen LogP contribution in [-0.4, -0.2) is 17.1 Å². The fraction of sp³-hybridized carbons (Fsp3) is 0.118. The number of anilines is 1. The molecule has 0 spiro atoms. The maximum Gasteiger partial charge on any atom is 0.233 e. The highest BCUT2D eigenvalue weighted by atomic mass is 16.5. The number of benzene rings is 1. The number of para-hydroxylation sites is 1. The predicted octanol–water partition coefficient (Wildman–Crippen LogP) is 3.23. The van der Waals surface area contributed by atoms with Crippen molar-refractivity contribution in [3.63, 3.8) is 0 Å². The van der Waals surface area contributed by atoms with Crippen LogP contribution < -0.4 is 10.1 Å². The topological polar surface area (TPSA) is 84.0 Å². The molecule has 0 atom stereocenters. The molecular weight excluding hydrogens is 292 g/mol. The molecular formula is C17H14N4O2. The molecule has 0 saturated heterocycles. The summed E-state index contributed by atoms with van der Waals surface area (Å²) in [6.45, 7) is 0.489. The molecule has 23 heavy (non-hydrogen) atoms. The zero-order valence-corrected chi connectivity index (χ0v) is 12.5. The fourth-order valence-electron chi connectivity index (χ4n) is 2.14. The highest BCUT2D eigenvalue weighted by Crippen LogP contribution is 2.32. The number of hydrogen-bond donors (Lipinski definition) is 1. The number of nitriles is 1. The lowest BCUT2D eigenvalue weighted by Crippen LogP contribution is -1.99. The van der Waals surface area contributed by atoms with Gasteiger partial charge < -0.3 is 14.5 Å². The Balaban J connectivity index is 1.88. The normalized spacial score (nSPS) is 10.1. The van der Waals surface area contributed by atoms with Gasteiger partial charge in [-0.15, -0.1) is 0 Å². The Bertz CT molecular complexity index is 837. The number of hydrogen-bond acceptors (Lipinski definition) is 6. The highest BCUT2D eigenvalue weighted by Gasteiger charge is 2.17. The number of oxazole rings is 1. The highest BCUT2D eigenvalue weighted by molar-refractivity contribution is 5.65. The van der Waals surface area contributed by atoms with E-state index in [0.717, 1.165) is 5.56 Å². The van der Waals surface area contributed by atoms with E-state index in [1.165, 1.54) is 0 Å². The minimum atomic E-state index is 0.204. The molecule has 0 unspecified atom stereocenters. The van der Waals surface area contributed by atoms with Crippen LogP contribution in [0.1, 0.15) is 11.3 Å². The fourth-order valence-corrected chi connectivity index (χ4v) is 2.14. The molecule has 0 bridgehead atoms. The summed E-state index contributed by atoms with van der Waals surface area (Å²) in [5.41, 5.74) is 1.88. The Hall–Kier alpha value is -3.33. The van der Waals surface area contributed by atoms with Gasteiger partial charge in [0.25, 0.3) is 0 Å². The maximum absolute atomic E-state index is 9.25. The number of pyridine rings is 1. The number of nitrogens with zero attached hydrogens (tertiary/aromatic N) is 3. The lowest BCUT2D eigenvalue weighted by molar-refractivity contribution is 0.414. The van der Waals surface area contributed by atoms with Gasteiger partial charge in [-0.25, -0.2) is 0 Å². The third-order valence-corrected chi connectivity index (χ3v) is 3.25. The lowest BCUT2D eigenvalue weighted by Gasteiger charge is -2.04. The second-order valence-electron chi connectivity index (χ2n) is 4.72. The van der Waals surface area contributed by atoms with E-state index < -0.39 is 0 Å². The minimum absolute atomic E-state index is 0.204. The molecule has 0 aliphatic heterocycles. The van der Waals surface area contributed by atoms with Crippen molar-refractivity contribution in [3.05, 3.63) is 60.0 Å². The molecule has 114 valence electrons. The van der Waals surface area contributed by atoms with Gasteiger partial charge in [0, 0.05) is 18.9 Å². The average Bonchev–Trinajstić information content (AvgIpc) is 3.04. The standard InChI is InChI=1S/C17H14N4O2/c1-22-15-7-3-2-6-13(15)16-21-14(9-18)17(23-16)20-11-12-5-4-8-19-10-12/h2-8,10,20H,11H2,1H3. The van der Waals surface area contributed by atoms with E-state index in [2.05, 4.69) is 15.3 Å². The number of aromatic nitrogens is 2. The largest absolute Gasteiger partial charge is 0.496 e. The molecule has 2 aromatic heterocycles. The second-order valence-corrected chi connectivity index (χ2v) is 4.72. The van der Waals surface area contributed by atoms with E-state index in [0.29, 0.717) is 29.6 Å². The molecule has 1 aromatic carbocycles. The number of ether oxygens (including phenoxy) is 1. The monoisotopic (exact) mass is 306 g/mol. The van der Waals surface area contributed by atoms with Crippen molar-refractivity contribution in [1.82, 2.24) is 9.97 Å². The molecule has 6 nitrogen and oxygen atoms in total. The minimum Gasteiger partial charge on any atom is -0.496 e. The zero-order valence-electron chi connectivity index (χ0n) is 12.5. The smallest absolute Gasteiger partial charge is 0.233 e. The van der Waals surface area contributed by atoms with Crippen LogP contribution in [0, 0.1) is 11.3 Å². The summed E-state index contributed by atoms with van der Waals surface area (Å²) in [6.07, 6.45) is 3.45. The summed E-state index contributed by atoms with van der Waals surface area (Å²) >= 11 is 0. The summed E-state index contributed by atoms with van der Waals surface area (Å²) in [6, 6.07) is 13.2. The Morgan fingerprint density at radius 1 is 1.26 bits per heavy atom. The Morgan fingerprint density at radius 3 is 2.87 bits per heavy atom. The van der Waals surface area contributed by atoms with E-state index in [1.54, 1.807) is 19.5 Å². The van der Waals surface area contributed by atoms with Crippen LogP contribution in [0.15, 0.2) is 53.2 Å². The van der Waals surface area contributed by atoms with Crippen LogP contribution in [0.2, 0.25) is 0 Å². The molecule has 3 aromatic rings. The molecule has 0 radical (unpaired) electrons. The summed E-state index contributed by atoms with van der Waals surface area (Å²) in [4.78, 5) is 8.28. The first-order valence-electron chi connectivity index (χ1n) is 6.99. The Morgan fingerprint density at radius 2 is 2.13 bits per heavy atom. The van der Waals surface area contributed by atoms with E-state index in [4.69, 9.17) is 9.15 Å². The van der Waals surface area contributed by atoms with E-state index in [-0.39, 0.29) is 5.69 Å². The van der Waals surface area contributed by atoms with Crippen molar-refractivity contribution in [2.45, 2.75) is 6.54 Å². The van der Waals surface area contributed by atoms with Crippen LogP contribution in [0.25, 0.3) is 11.5 Å². The van der Waals surface area contributed by atoms with Gasteiger partial charge in [-0.1, -0.05) is 18.2 Å². The van der Waals surface area contributed by atoms with Gasteiger partial charge in [0.15, 0.2) is 0 Å². The van der Waals surface area contributed by atoms with Crippen LogP contribution in [0.5, 0.6) is 5.75 Å². The third kappa shape index (κ3) is 3.14. The van der Waals surface area contributed by atoms with E-state index >= 15 is 0 Å². The van der Waals surface area contributed by atoms with Crippen LogP contribution in [0.3, 0.4) is 0 Å². The van der Waals surface area contributed by atoms with Crippen molar-refractivity contribution >= 4 is 5.88 Å². The van der Waals surface area contributed by atoms with Gasteiger partial charge in [0.05, 0.1) is 12.7 Å². The average molecular weight is 306 g/mol. The molecule has 2 heterocycles. The van der Waals surface area contributed by atoms with E-state index in [1.807, 2.05) is 42.5 Å². The van der Waals surface area contributed by atoms with Crippen molar-refractivity contribution in [3.8, 4) is 23.3 Å². The van der Waals surface area contributed by atoms with Crippen LogP contribution in [-0.2, 0) is 6.54 Å². The summed E-state index contributed by atoms with van der Waals surface area (Å²) in [5, 5.41) is 12.3. The van der Waals surface area contributed by atoms with Crippen molar-refractivity contribution in [2.24, 2.45) is 0 Å². The summed E-state index contributed by atoms with van der Waals surface area (Å²) in [7, 11) is 1.58. The first kappa shape index (κ1) is 14.6. The molecule has 0 saturated carbocycles. The quantitative estimate of drug-likeness (QED) is 0.779. The van der Waals surface area contributed by atoms with Gasteiger partial charge in [-0.3, -0.25) is 4.98 Å². The van der Waals surface area contributed by atoms with Gasteiger partial charge >= 0.3 is 0 Å². The zero-order chi connectivity index (χ0) is 16.1. The molecule has 0 aliphatic rings. The number of rotatable bonds is 5. The van der Waals surface area contributed by atoms with Gasteiger partial charge in [-0.2, -0.15) is 10.2 Å². The first-order valence-corrected chi connectivity index (χ1v) is 6.99. The Labute approximate surface area is 133 Å². The van der Waals surface area contributed by atoms with Gasteiger partial charge in [0.1, 0.15) is 11.8 Å². The molecule has 0 amide bonds. The second kappa shape index (κ2) is 6.62. The number of nitrogens with one attached hydrogen (secondary N) is 1. The summed E-state index contributed by atoms with van der Waals surface area (Å²) < 4.78 is 11.0. The van der Waals surface area contributed by atoms with Crippen molar-refractivity contribution < 1.29 is 9.15 Å². The molecule has 0 aliphatic carbocycles. The molecule has 3 rings (SSSR count). The lowest BCUT2D eigenvalue weighted by atomic mass is 10.2. The van der Waals surface area contributed by atoms with Crippen LogP contribution >= 0.6 is 0 Å². The molecule has 1 N–H and O–H groups in total. The first-order chi connectivity index (χ1) is 11.3. The Kier molecular flexibility index (Phi) is 4.20. The van der Waals surface area contributed by atoms with Gasteiger partial charge in [0.2, 0.25) is 17.5 Å². The molecule has 6 heteroatoms. The van der Waals surface area contributed by atoms with Gasteiger partial charge in [-0.05, 0) is 23.8 Å². The molecule has 0 fully saturated rings. The maximum atomic E-state index is 9.25. The van der Waals surface area contributed by atoms with E-state index in [9.17, 15) is 5.26 Å². The van der Waals surface area contributed by atoms with Crippen molar-refractivity contribution in [1.29, 1.82) is 5.26 Å². The predicted molar refractivity (Wildman–Crippen MR) is 84.8 cm³/mol. The SMILES string of the molecule is COc1ccccc1-c1nc(C#N)c(NCc2cccnc2)o1.